The van der Waals surface area contributed by atoms with Crippen molar-refractivity contribution >= 4 is 0 Å². The molecule has 0 amide bonds. The Kier molecular flexibility index (Phi) is 5.73. The minimum atomic E-state index is 0.176. The lowest BCUT2D eigenvalue weighted by atomic mass is 9.84. The van der Waals surface area contributed by atoms with Gasteiger partial charge in [0.05, 0.1) is 0 Å². The normalized spacial score (nSPS) is 21.0. The molecule has 3 heteroatoms. The summed E-state index contributed by atoms with van der Waals surface area (Å²) >= 11 is 0. The highest BCUT2D eigenvalue weighted by atomic mass is 16.5. The van der Waals surface area contributed by atoms with Crippen LogP contribution in [-0.4, -0.2) is 37.0 Å². The third-order valence-electron chi connectivity index (χ3n) is 3.34. The van der Waals surface area contributed by atoms with Gasteiger partial charge < -0.3 is 15.2 Å². The maximum Gasteiger partial charge on any atom is 0.0468 e. The van der Waals surface area contributed by atoms with Crippen LogP contribution in [0.5, 0.6) is 0 Å². The Morgan fingerprint density at radius 2 is 1.94 bits per heavy atom. The van der Waals surface area contributed by atoms with E-state index < -0.39 is 0 Å². The van der Waals surface area contributed by atoms with Gasteiger partial charge in [-0.05, 0) is 58.4 Å². The van der Waals surface area contributed by atoms with Crippen LogP contribution in [0, 0.1) is 11.8 Å². The third-order valence-corrected chi connectivity index (χ3v) is 3.34. The Bertz CT molecular complexity index is 183. The first-order valence-corrected chi connectivity index (χ1v) is 6.46. The number of rotatable bonds is 5. The van der Waals surface area contributed by atoms with Gasteiger partial charge in [-0.25, -0.2) is 0 Å². The number of ether oxygens (including phenoxy) is 1. The van der Waals surface area contributed by atoms with E-state index in [4.69, 9.17) is 4.74 Å². The molecule has 1 heterocycles. The second kappa shape index (κ2) is 6.58. The summed E-state index contributed by atoms with van der Waals surface area (Å²) < 4.78 is 5.36. The number of hydrogen-bond acceptors (Lipinski definition) is 3. The van der Waals surface area contributed by atoms with E-state index in [0.29, 0.717) is 18.4 Å². The van der Waals surface area contributed by atoms with Crippen molar-refractivity contribution in [2.75, 3.05) is 26.4 Å². The average Bonchev–Trinajstić information content (AvgIpc) is 2.24. The summed E-state index contributed by atoms with van der Waals surface area (Å²) in [6, 6.07) is 0. The monoisotopic (exact) mass is 229 g/mol. The second-order valence-corrected chi connectivity index (χ2v) is 5.86. The third kappa shape index (κ3) is 5.28. The quantitative estimate of drug-likeness (QED) is 0.755. The average molecular weight is 229 g/mol. The van der Waals surface area contributed by atoms with Gasteiger partial charge in [-0.3, -0.25) is 0 Å². The molecular weight excluding hydrogens is 202 g/mol. The van der Waals surface area contributed by atoms with Crippen molar-refractivity contribution in [3.63, 3.8) is 0 Å². The first-order chi connectivity index (χ1) is 7.53. The van der Waals surface area contributed by atoms with E-state index in [2.05, 4.69) is 26.1 Å². The van der Waals surface area contributed by atoms with Crippen molar-refractivity contribution in [3.05, 3.63) is 0 Å². The number of nitrogens with one attached hydrogen (secondary N) is 1. The van der Waals surface area contributed by atoms with Crippen LogP contribution in [0.3, 0.4) is 0 Å². The van der Waals surface area contributed by atoms with Crippen LogP contribution in [-0.2, 0) is 4.74 Å². The maximum absolute atomic E-state index is 9.44. The zero-order valence-electron chi connectivity index (χ0n) is 11.0. The van der Waals surface area contributed by atoms with Gasteiger partial charge in [-0.2, -0.15) is 0 Å². The van der Waals surface area contributed by atoms with Crippen molar-refractivity contribution < 1.29 is 9.84 Å². The summed E-state index contributed by atoms with van der Waals surface area (Å²) in [7, 11) is 0. The standard InChI is InChI=1S/C13H27NO2/c1-13(2,3)14-7-4-12(10-15)11-5-8-16-9-6-11/h11-12,14-15H,4-10H2,1-3H3. The number of aliphatic hydroxyl groups excluding tert-OH is 1. The molecule has 1 rings (SSSR count). The van der Waals surface area contributed by atoms with Gasteiger partial charge in [0.1, 0.15) is 0 Å². The molecular formula is C13H27NO2. The Morgan fingerprint density at radius 3 is 2.44 bits per heavy atom. The Hall–Kier alpha value is -0.120. The Balaban J connectivity index is 2.25. The lowest BCUT2D eigenvalue weighted by Gasteiger charge is -2.30. The zero-order valence-corrected chi connectivity index (χ0v) is 11.0. The summed E-state index contributed by atoms with van der Waals surface area (Å²) in [5.41, 5.74) is 0.176. The van der Waals surface area contributed by atoms with Gasteiger partial charge in [-0.15, -0.1) is 0 Å². The largest absolute Gasteiger partial charge is 0.396 e. The molecule has 16 heavy (non-hydrogen) atoms. The molecule has 2 N–H and O–H groups in total. The van der Waals surface area contributed by atoms with Gasteiger partial charge in [0.15, 0.2) is 0 Å². The van der Waals surface area contributed by atoms with E-state index in [0.717, 1.165) is 39.0 Å². The molecule has 1 atom stereocenters. The smallest absolute Gasteiger partial charge is 0.0468 e. The molecule has 1 unspecified atom stereocenters. The molecule has 96 valence electrons. The van der Waals surface area contributed by atoms with Crippen LogP contribution >= 0.6 is 0 Å². The van der Waals surface area contributed by atoms with Crippen molar-refractivity contribution in [2.24, 2.45) is 11.8 Å². The Morgan fingerprint density at radius 1 is 1.31 bits per heavy atom. The fourth-order valence-corrected chi connectivity index (χ4v) is 2.30. The molecule has 0 aliphatic carbocycles. The van der Waals surface area contributed by atoms with Gasteiger partial charge >= 0.3 is 0 Å². The molecule has 1 aliphatic rings. The molecule has 3 nitrogen and oxygen atoms in total. The SMILES string of the molecule is CC(C)(C)NCCC(CO)C1CCOCC1. The lowest BCUT2D eigenvalue weighted by Crippen LogP contribution is -2.38. The molecule has 1 saturated heterocycles. The minimum absolute atomic E-state index is 0.176. The highest BCUT2D eigenvalue weighted by Crippen LogP contribution is 2.25. The first-order valence-electron chi connectivity index (χ1n) is 6.46. The fourth-order valence-electron chi connectivity index (χ4n) is 2.30. The minimum Gasteiger partial charge on any atom is -0.396 e. The molecule has 1 fully saturated rings. The van der Waals surface area contributed by atoms with Crippen LogP contribution in [0.25, 0.3) is 0 Å². The van der Waals surface area contributed by atoms with Crippen LogP contribution in [0.4, 0.5) is 0 Å². The second-order valence-electron chi connectivity index (χ2n) is 5.86. The summed E-state index contributed by atoms with van der Waals surface area (Å²) in [6.07, 6.45) is 3.29. The highest BCUT2D eigenvalue weighted by molar-refractivity contribution is 4.76. The maximum atomic E-state index is 9.44. The van der Waals surface area contributed by atoms with Gasteiger partial charge in [0, 0.05) is 25.4 Å². The molecule has 0 saturated carbocycles. The lowest BCUT2D eigenvalue weighted by molar-refractivity contribution is 0.0308. The van der Waals surface area contributed by atoms with Crippen molar-refractivity contribution in [1.29, 1.82) is 0 Å². The van der Waals surface area contributed by atoms with Crippen molar-refractivity contribution in [2.45, 2.75) is 45.6 Å². The van der Waals surface area contributed by atoms with Crippen LogP contribution in [0.15, 0.2) is 0 Å². The topological polar surface area (TPSA) is 41.5 Å². The summed E-state index contributed by atoms with van der Waals surface area (Å²) in [5.74, 6) is 1.10. The molecule has 0 bridgehead atoms. The van der Waals surface area contributed by atoms with E-state index in [1.165, 1.54) is 0 Å². The molecule has 1 aliphatic heterocycles. The van der Waals surface area contributed by atoms with Crippen LogP contribution < -0.4 is 5.32 Å². The molecule has 0 aromatic heterocycles. The first kappa shape index (κ1) is 13.9. The fraction of sp³-hybridized carbons (Fsp3) is 1.00. The zero-order chi connectivity index (χ0) is 12.0. The van der Waals surface area contributed by atoms with E-state index in [-0.39, 0.29) is 5.54 Å². The molecule has 0 aromatic carbocycles. The number of hydrogen-bond donors (Lipinski definition) is 2. The summed E-state index contributed by atoms with van der Waals surface area (Å²) in [5, 5.41) is 12.9. The van der Waals surface area contributed by atoms with E-state index in [9.17, 15) is 5.11 Å². The van der Waals surface area contributed by atoms with E-state index in [1.807, 2.05) is 0 Å². The van der Waals surface area contributed by atoms with E-state index >= 15 is 0 Å². The van der Waals surface area contributed by atoms with Gasteiger partial charge in [-0.1, -0.05) is 0 Å². The van der Waals surface area contributed by atoms with Gasteiger partial charge in [0.2, 0.25) is 0 Å². The van der Waals surface area contributed by atoms with Crippen LogP contribution in [0.1, 0.15) is 40.0 Å². The van der Waals surface area contributed by atoms with Crippen molar-refractivity contribution in [3.8, 4) is 0 Å². The summed E-state index contributed by atoms with van der Waals surface area (Å²) in [6.45, 7) is 9.57. The molecule has 0 radical (unpaired) electrons. The Labute approximate surface area is 99.6 Å². The van der Waals surface area contributed by atoms with Crippen molar-refractivity contribution in [1.82, 2.24) is 5.32 Å². The highest BCUT2D eigenvalue weighted by Gasteiger charge is 2.23. The van der Waals surface area contributed by atoms with E-state index in [1.54, 1.807) is 0 Å². The number of aliphatic hydroxyl groups is 1. The molecule has 0 spiro atoms. The van der Waals surface area contributed by atoms with Crippen LogP contribution in [0.2, 0.25) is 0 Å². The predicted octanol–water partition coefficient (Wildman–Crippen LogP) is 1.80. The molecule has 0 aromatic rings. The predicted molar refractivity (Wildman–Crippen MR) is 66.5 cm³/mol. The van der Waals surface area contributed by atoms with Gasteiger partial charge in [0.25, 0.3) is 0 Å². The summed E-state index contributed by atoms with van der Waals surface area (Å²) in [4.78, 5) is 0.